The van der Waals surface area contributed by atoms with Gasteiger partial charge in [-0.25, -0.2) is 4.90 Å². The van der Waals surface area contributed by atoms with Crippen molar-refractivity contribution in [1.82, 2.24) is 4.90 Å². The molecule has 2 aliphatic rings. The Labute approximate surface area is 231 Å². The predicted molar refractivity (Wildman–Crippen MR) is 144 cm³/mol. The zero-order valence-corrected chi connectivity index (χ0v) is 22.0. The van der Waals surface area contributed by atoms with Crippen molar-refractivity contribution in [2.45, 2.75) is 11.1 Å². The van der Waals surface area contributed by atoms with Gasteiger partial charge >= 0.3 is 6.18 Å². The Bertz CT molecular complexity index is 1410. The Balaban J connectivity index is 1.50. The number of hydrogen-bond donors (Lipinski definition) is 0. The number of halogens is 5. The molecule has 0 atom stereocenters. The number of carbonyl (C=O) groups is 2. The molecule has 2 heterocycles. The van der Waals surface area contributed by atoms with Crippen LogP contribution in [-0.2, 0) is 15.8 Å². The molecule has 3 aromatic carbocycles. The van der Waals surface area contributed by atoms with E-state index < -0.39 is 23.6 Å². The lowest BCUT2D eigenvalue weighted by atomic mass is 10.1. The van der Waals surface area contributed by atoms with Crippen molar-refractivity contribution in [3.63, 3.8) is 0 Å². The Morgan fingerprint density at radius 1 is 0.763 bits per heavy atom. The number of amides is 2. The minimum atomic E-state index is -4.67. The third-order valence-electron chi connectivity index (χ3n) is 6.28. The normalized spacial score (nSPS) is 16.6. The molecule has 0 spiro atoms. The van der Waals surface area contributed by atoms with Crippen LogP contribution in [0.3, 0.4) is 0 Å². The van der Waals surface area contributed by atoms with Gasteiger partial charge < -0.3 is 9.80 Å². The fraction of sp³-hybridized carbons (Fsp3) is 0.185. The standard InChI is InChI=1S/C27H20Cl2F3N3O2S/c28-18-7-9-20(10-8-18)38-24-23(34-14-12-33(13-15-34)19-4-2-1-3-5-19)25(36)35(26(24)37)22-16-17(27(30,31)32)6-11-21(22)29/h1-11,16H,12-15H2. The molecule has 0 bridgehead atoms. The van der Waals surface area contributed by atoms with Crippen LogP contribution in [0.5, 0.6) is 0 Å². The fourth-order valence-electron chi connectivity index (χ4n) is 4.40. The minimum absolute atomic E-state index is 0.124. The van der Waals surface area contributed by atoms with E-state index in [0.29, 0.717) is 36.1 Å². The monoisotopic (exact) mass is 577 g/mol. The van der Waals surface area contributed by atoms with Crippen molar-refractivity contribution < 1.29 is 22.8 Å². The molecular formula is C27H20Cl2F3N3O2S. The number of anilines is 2. The second-order valence-electron chi connectivity index (χ2n) is 8.65. The minimum Gasteiger partial charge on any atom is -0.368 e. The van der Waals surface area contributed by atoms with Gasteiger partial charge in [-0.05, 0) is 54.6 Å². The molecule has 0 N–H and O–H groups in total. The van der Waals surface area contributed by atoms with Crippen molar-refractivity contribution in [3.8, 4) is 0 Å². The maximum absolute atomic E-state index is 13.8. The fourth-order valence-corrected chi connectivity index (χ4v) is 5.72. The van der Waals surface area contributed by atoms with Crippen LogP contribution in [0.2, 0.25) is 10.0 Å². The lowest BCUT2D eigenvalue weighted by Crippen LogP contribution is -2.47. The van der Waals surface area contributed by atoms with E-state index in [1.165, 1.54) is 0 Å². The highest BCUT2D eigenvalue weighted by Gasteiger charge is 2.44. The van der Waals surface area contributed by atoms with E-state index in [9.17, 15) is 22.8 Å². The highest BCUT2D eigenvalue weighted by molar-refractivity contribution is 8.04. The highest BCUT2D eigenvalue weighted by Crippen LogP contribution is 2.43. The lowest BCUT2D eigenvalue weighted by Gasteiger charge is -2.37. The summed E-state index contributed by atoms with van der Waals surface area (Å²) in [7, 11) is 0. The second-order valence-corrected chi connectivity index (χ2v) is 10.6. The summed E-state index contributed by atoms with van der Waals surface area (Å²) in [6.07, 6.45) is -4.67. The molecular weight excluding hydrogens is 558 g/mol. The summed E-state index contributed by atoms with van der Waals surface area (Å²) in [5.41, 5.74) is -0.114. The summed E-state index contributed by atoms with van der Waals surface area (Å²) in [5, 5.41) is 0.373. The molecule has 2 amide bonds. The molecule has 1 fully saturated rings. The number of para-hydroxylation sites is 1. The molecule has 0 saturated carbocycles. The molecule has 0 aliphatic carbocycles. The van der Waals surface area contributed by atoms with Gasteiger partial charge in [0, 0.05) is 41.8 Å². The summed E-state index contributed by atoms with van der Waals surface area (Å²) >= 11 is 13.3. The molecule has 196 valence electrons. The van der Waals surface area contributed by atoms with Crippen LogP contribution in [0.25, 0.3) is 0 Å². The van der Waals surface area contributed by atoms with Crippen molar-refractivity contribution >= 4 is 58.2 Å². The maximum Gasteiger partial charge on any atom is 0.416 e. The van der Waals surface area contributed by atoms with E-state index in [-0.39, 0.29) is 21.3 Å². The average molecular weight is 578 g/mol. The van der Waals surface area contributed by atoms with Gasteiger partial charge in [-0.3, -0.25) is 9.59 Å². The third kappa shape index (κ3) is 5.23. The van der Waals surface area contributed by atoms with Crippen molar-refractivity contribution in [3.05, 3.63) is 99.0 Å². The molecule has 5 rings (SSSR count). The number of alkyl halides is 3. The zero-order valence-electron chi connectivity index (χ0n) is 19.7. The summed E-state index contributed by atoms with van der Waals surface area (Å²) in [6, 6.07) is 19.2. The number of piperazine rings is 1. The molecule has 5 nitrogen and oxygen atoms in total. The number of thioether (sulfide) groups is 1. The predicted octanol–water partition coefficient (Wildman–Crippen LogP) is 6.71. The van der Waals surface area contributed by atoms with Crippen LogP contribution >= 0.6 is 35.0 Å². The number of hydrogen-bond acceptors (Lipinski definition) is 5. The van der Waals surface area contributed by atoms with E-state index in [2.05, 4.69) is 4.90 Å². The Hall–Kier alpha value is -3.14. The number of rotatable bonds is 5. The van der Waals surface area contributed by atoms with E-state index >= 15 is 0 Å². The van der Waals surface area contributed by atoms with Gasteiger partial charge in [0.25, 0.3) is 11.8 Å². The molecule has 0 aromatic heterocycles. The summed E-state index contributed by atoms with van der Waals surface area (Å²) in [6.45, 7) is 2.08. The van der Waals surface area contributed by atoms with E-state index in [1.807, 2.05) is 35.2 Å². The molecule has 0 unspecified atom stereocenters. The molecule has 2 aliphatic heterocycles. The summed E-state index contributed by atoms with van der Waals surface area (Å²) in [4.78, 5) is 32.9. The van der Waals surface area contributed by atoms with Gasteiger partial charge in [0.05, 0.1) is 16.3 Å². The summed E-state index contributed by atoms with van der Waals surface area (Å²) in [5.74, 6) is -1.43. The Morgan fingerprint density at radius 3 is 2.03 bits per heavy atom. The van der Waals surface area contributed by atoms with Crippen LogP contribution in [0.4, 0.5) is 24.5 Å². The van der Waals surface area contributed by atoms with Gasteiger partial charge in [0.2, 0.25) is 0 Å². The molecule has 1 saturated heterocycles. The van der Waals surface area contributed by atoms with Crippen molar-refractivity contribution in [2.24, 2.45) is 0 Å². The molecule has 0 radical (unpaired) electrons. The van der Waals surface area contributed by atoms with E-state index in [0.717, 1.165) is 40.5 Å². The highest BCUT2D eigenvalue weighted by atomic mass is 35.5. The quantitative estimate of drug-likeness (QED) is 0.315. The summed E-state index contributed by atoms with van der Waals surface area (Å²) < 4.78 is 40.4. The average Bonchev–Trinajstić information content (AvgIpc) is 3.14. The van der Waals surface area contributed by atoms with Crippen LogP contribution in [0, 0.1) is 0 Å². The van der Waals surface area contributed by atoms with E-state index in [1.54, 1.807) is 24.3 Å². The zero-order chi connectivity index (χ0) is 27.0. The maximum atomic E-state index is 13.8. The Morgan fingerprint density at radius 2 is 1.39 bits per heavy atom. The third-order valence-corrected chi connectivity index (χ3v) is 7.93. The van der Waals surface area contributed by atoms with Crippen LogP contribution < -0.4 is 9.80 Å². The van der Waals surface area contributed by atoms with E-state index in [4.69, 9.17) is 23.2 Å². The van der Waals surface area contributed by atoms with Crippen LogP contribution in [-0.4, -0.2) is 42.9 Å². The van der Waals surface area contributed by atoms with Crippen LogP contribution in [0.1, 0.15) is 5.56 Å². The second kappa shape index (κ2) is 10.6. The smallest absolute Gasteiger partial charge is 0.368 e. The topological polar surface area (TPSA) is 43.9 Å². The first-order valence-electron chi connectivity index (χ1n) is 11.6. The van der Waals surface area contributed by atoms with Gasteiger partial charge in [-0.2, -0.15) is 13.2 Å². The number of benzene rings is 3. The first-order chi connectivity index (χ1) is 18.1. The first-order valence-corrected chi connectivity index (χ1v) is 13.2. The lowest BCUT2D eigenvalue weighted by molar-refractivity contribution is -0.137. The van der Waals surface area contributed by atoms with Gasteiger partial charge in [0.1, 0.15) is 10.6 Å². The SMILES string of the molecule is O=C1C(Sc2ccc(Cl)cc2)=C(N2CCN(c3ccccc3)CC2)C(=O)N1c1cc(C(F)(F)F)ccc1Cl. The first kappa shape index (κ1) is 26.5. The number of carbonyl (C=O) groups excluding carboxylic acids is 2. The molecule has 3 aromatic rings. The molecule has 11 heteroatoms. The molecule has 38 heavy (non-hydrogen) atoms. The van der Waals surface area contributed by atoms with Gasteiger partial charge in [-0.1, -0.05) is 53.2 Å². The number of imide groups is 1. The van der Waals surface area contributed by atoms with Gasteiger partial charge in [-0.15, -0.1) is 0 Å². The van der Waals surface area contributed by atoms with Crippen molar-refractivity contribution in [2.75, 3.05) is 36.0 Å². The largest absolute Gasteiger partial charge is 0.416 e. The van der Waals surface area contributed by atoms with Crippen molar-refractivity contribution in [1.29, 1.82) is 0 Å². The number of nitrogens with zero attached hydrogens (tertiary/aromatic N) is 3. The van der Waals surface area contributed by atoms with Crippen LogP contribution in [0.15, 0.2) is 88.3 Å². The Kier molecular flexibility index (Phi) is 7.35. The van der Waals surface area contributed by atoms with Gasteiger partial charge in [0.15, 0.2) is 0 Å².